The quantitative estimate of drug-likeness (QED) is 0.629. The smallest absolute Gasteiger partial charge is 0.338 e. The Labute approximate surface area is 86.3 Å². The number of carbonyl (C=O) groups excluding carboxylic acids is 1. The number of nitrogens with one attached hydrogen (secondary N) is 2. The van der Waals surface area contributed by atoms with Crippen molar-refractivity contribution in [2.75, 3.05) is 13.6 Å². The Morgan fingerprint density at radius 1 is 1.53 bits per heavy atom. The third kappa shape index (κ3) is 3.43. The average Bonchev–Trinajstić information content (AvgIpc) is 2.66. The van der Waals surface area contributed by atoms with Crippen LogP contribution in [0.2, 0.25) is 0 Å². The molecule has 1 rings (SSSR count). The highest BCUT2D eigenvalue weighted by atomic mass is 16.4. The molecule has 6 nitrogen and oxygen atoms in total. The fraction of sp³-hybridized carbons (Fsp3) is 0.333. The van der Waals surface area contributed by atoms with E-state index in [1.165, 1.54) is 12.3 Å². The molecular formula is C9H12N2O4. The molecule has 0 aliphatic heterocycles. The van der Waals surface area contributed by atoms with Gasteiger partial charge >= 0.3 is 5.97 Å². The van der Waals surface area contributed by atoms with Gasteiger partial charge in [0.25, 0.3) is 0 Å². The zero-order chi connectivity index (χ0) is 11.3. The maximum atomic E-state index is 10.8. The normalized spacial score (nSPS) is 9.93. The van der Waals surface area contributed by atoms with Gasteiger partial charge in [0.15, 0.2) is 0 Å². The Morgan fingerprint density at radius 2 is 2.27 bits per heavy atom. The molecule has 0 saturated heterocycles. The molecule has 3 N–H and O–H groups in total. The Morgan fingerprint density at radius 3 is 2.80 bits per heavy atom. The lowest BCUT2D eigenvalue weighted by Crippen LogP contribution is -2.30. The minimum Gasteiger partial charge on any atom is -0.478 e. The minimum atomic E-state index is -1.03. The minimum absolute atomic E-state index is 0.103. The van der Waals surface area contributed by atoms with Gasteiger partial charge in [-0.1, -0.05) is 0 Å². The highest BCUT2D eigenvalue weighted by Gasteiger charge is 2.07. The lowest BCUT2D eigenvalue weighted by Gasteiger charge is -2.00. The van der Waals surface area contributed by atoms with Gasteiger partial charge in [-0.05, 0) is 6.07 Å². The molecule has 82 valence electrons. The highest BCUT2D eigenvalue weighted by molar-refractivity contribution is 5.87. The molecule has 0 fully saturated rings. The van der Waals surface area contributed by atoms with E-state index in [0.717, 1.165) is 0 Å². The van der Waals surface area contributed by atoms with Crippen LogP contribution >= 0.6 is 0 Å². The fourth-order valence-electron chi connectivity index (χ4n) is 0.973. The number of rotatable bonds is 5. The van der Waals surface area contributed by atoms with E-state index < -0.39 is 5.97 Å². The van der Waals surface area contributed by atoms with Crippen LogP contribution in [0.4, 0.5) is 0 Å². The van der Waals surface area contributed by atoms with Crippen molar-refractivity contribution >= 4 is 11.9 Å². The summed E-state index contributed by atoms with van der Waals surface area (Å²) in [4.78, 5) is 21.3. The number of furan rings is 1. The van der Waals surface area contributed by atoms with Crippen molar-refractivity contribution in [3.8, 4) is 0 Å². The van der Waals surface area contributed by atoms with Crippen LogP contribution in [-0.2, 0) is 11.3 Å². The number of hydrogen-bond donors (Lipinski definition) is 3. The molecule has 0 spiro atoms. The van der Waals surface area contributed by atoms with Crippen molar-refractivity contribution in [1.29, 1.82) is 0 Å². The maximum absolute atomic E-state index is 10.8. The number of aromatic carboxylic acids is 1. The van der Waals surface area contributed by atoms with E-state index in [-0.39, 0.29) is 18.0 Å². The van der Waals surface area contributed by atoms with Crippen molar-refractivity contribution < 1.29 is 19.1 Å². The maximum Gasteiger partial charge on any atom is 0.338 e. The molecule has 1 amide bonds. The van der Waals surface area contributed by atoms with Gasteiger partial charge in [0, 0.05) is 7.05 Å². The van der Waals surface area contributed by atoms with Gasteiger partial charge in [-0.3, -0.25) is 4.79 Å². The lowest BCUT2D eigenvalue weighted by atomic mass is 10.3. The van der Waals surface area contributed by atoms with E-state index in [0.29, 0.717) is 12.3 Å². The fourth-order valence-corrected chi connectivity index (χ4v) is 0.973. The van der Waals surface area contributed by atoms with E-state index in [2.05, 4.69) is 10.6 Å². The first-order chi connectivity index (χ1) is 7.13. The van der Waals surface area contributed by atoms with E-state index in [1.807, 2.05) is 0 Å². The lowest BCUT2D eigenvalue weighted by molar-refractivity contribution is -0.119. The molecule has 0 unspecified atom stereocenters. The molecule has 0 aliphatic rings. The largest absolute Gasteiger partial charge is 0.478 e. The summed E-state index contributed by atoms with van der Waals surface area (Å²) in [6.45, 7) is 0.486. The van der Waals surface area contributed by atoms with Crippen LogP contribution in [0.25, 0.3) is 0 Å². The second-order valence-corrected chi connectivity index (χ2v) is 2.88. The molecule has 0 aliphatic carbocycles. The van der Waals surface area contributed by atoms with Crippen molar-refractivity contribution in [3.63, 3.8) is 0 Å². The van der Waals surface area contributed by atoms with Crippen molar-refractivity contribution in [2.24, 2.45) is 0 Å². The number of amides is 1. The van der Waals surface area contributed by atoms with Crippen LogP contribution in [-0.4, -0.2) is 30.6 Å². The zero-order valence-electron chi connectivity index (χ0n) is 8.24. The third-order valence-electron chi connectivity index (χ3n) is 1.76. The number of hydrogen-bond acceptors (Lipinski definition) is 4. The van der Waals surface area contributed by atoms with Crippen LogP contribution in [0.1, 0.15) is 16.1 Å². The number of likely N-dealkylation sites (N-methyl/N-ethyl adjacent to an activating group) is 1. The Hall–Kier alpha value is -1.82. The summed E-state index contributed by atoms with van der Waals surface area (Å²) < 4.78 is 4.97. The summed E-state index contributed by atoms with van der Waals surface area (Å²) in [5.74, 6) is -0.687. The summed E-state index contributed by atoms with van der Waals surface area (Å²) in [5.41, 5.74) is 0.103. The van der Waals surface area contributed by atoms with E-state index in [9.17, 15) is 9.59 Å². The molecule has 0 saturated carbocycles. The second kappa shape index (κ2) is 5.16. The standard InChI is InChI=1S/C9H12N2O4/c1-10-8(12)4-11-3-7-2-6(5-15-7)9(13)14/h2,5,11H,3-4H2,1H3,(H,10,12)(H,13,14). The number of carboxylic acids is 1. The molecule has 6 heteroatoms. The topological polar surface area (TPSA) is 91.6 Å². The first-order valence-corrected chi connectivity index (χ1v) is 4.35. The van der Waals surface area contributed by atoms with Gasteiger partial charge in [0.05, 0.1) is 18.7 Å². The summed E-state index contributed by atoms with van der Waals surface area (Å²) >= 11 is 0. The summed E-state index contributed by atoms with van der Waals surface area (Å²) in [6, 6.07) is 1.42. The molecule has 0 atom stereocenters. The van der Waals surface area contributed by atoms with Gasteiger partial charge < -0.3 is 20.2 Å². The molecule has 0 bridgehead atoms. The molecule has 1 aromatic rings. The first kappa shape index (κ1) is 11.3. The van der Waals surface area contributed by atoms with Gasteiger partial charge in [0.2, 0.25) is 5.91 Å². The third-order valence-corrected chi connectivity index (χ3v) is 1.76. The first-order valence-electron chi connectivity index (χ1n) is 4.35. The van der Waals surface area contributed by atoms with E-state index >= 15 is 0 Å². The van der Waals surface area contributed by atoms with Gasteiger partial charge in [0.1, 0.15) is 12.0 Å². The summed E-state index contributed by atoms with van der Waals surface area (Å²) in [6.07, 6.45) is 1.17. The molecule has 1 heterocycles. The van der Waals surface area contributed by atoms with Gasteiger partial charge in [-0.25, -0.2) is 4.79 Å². The molecule has 0 aromatic carbocycles. The predicted molar refractivity (Wildman–Crippen MR) is 51.4 cm³/mol. The van der Waals surface area contributed by atoms with Crippen molar-refractivity contribution in [2.45, 2.75) is 6.54 Å². The van der Waals surface area contributed by atoms with E-state index in [4.69, 9.17) is 9.52 Å². The van der Waals surface area contributed by atoms with Gasteiger partial charge in [-0.15, -0.1) is 0 Å². The van der Waals surface area contributed by atoms with Crippen LogP contribution < -0.4 is 10.6 Å². The number of carbonyl (C=O) groups is 2. The number of carboxylic acid groups (broad SMARTS) is 1. The van der Waals surface area contributed by atoms with Crippen LogP contribution in [0.15, 0.2) is 16.7 Å². The molecule has 15 heavy (non-hydrogen) atoms. The molecule has 0 radical (unpaired) electrons. The summed E-state index contributed by atoms with van der Waals surface area (Å²) in [7, 11) is 1.54. The Balaban J connectivity index is 2.38. The van der Waals surface area contributed by atoms with Crippen LogP contribution in [0, 0.1) is 0 Å². The van der Waals surface area contributed by atoms with E-state index in [1.54, 1.807) is 7.05 Å². The van der Waals surface area contributed by atoms with Gasteiger partial charge in [-0.2, -0.15) is 0 Å². The zero-order valence-corrected chi connectivity index (χ0v) is 8.24. The van der Waals surface area contributed by atoms with Crippen molar-refractivity contribution in [3.05, 3.63) is 23.7 Å². The Kier molecular flexibility index (Phi) is 3.87. The highest BCUT2D eigenvalue weighted by Crippen LogP contribution is 2.06. The SMILES string of the molecule is CNC(=O)CNCc1cc(C(=O)O)co1. The monoisotopic (exact) mass is 212 g/mol. The predicted octanol–water partition coefficient (Wildman–Crippen LogP) is -0.187. The summed E-state index contributed by atoms with van der Waals surface area (Å²) in [5, 5.41) is 13.9. The Bertz CT molecular complexity index is 359. The second-order valence-electron chi connectivity index (χ2n) is 2.88. The van der Waals surface area contributed by atoms with Crippen LogP contribution in [0.3, 0.4) is 0 Å². The average molecular weight is 212 g/mol. The molecule has 1 aromatic heterocycles. The van der Waals surface area contributed by atoms with Crippen LogP contribution in [0.5, 0.6) is 0 Å². The van der Waals surface area contributed by atoms with Crippen molar-refractivity contribution in [1.82, 2.24) is 10.6 Å². The molecular weight excluding hydrogens is 200 g/mol.